The summed E-state index contributed by atoms with van der Waals surface area (Å²) in [6, 6.07) is 11.8. The minimum absolute atomic E-state index is 0.0132. The molecule has 3 rings (SSSR count). The smallest absolute Gasteiger partial charge is 0.277 e. The van der Waals surface area contributed by atoms with Crippen LogP contribution in [-0.4, -0.2) is 10.2 Å². The number of aromatic nitrogens is 2. The highest BCUT2D eigenvalue weighted by Gasteiger charge is 2.15. The number of benzene rings is 2. The van der Waals surface area contributed by atoms with Crippen molar-refractivity contribution in [2.75, 3.05) is 0 Å². The van der Waals surface area contributed by atoms with E-state index in [-0.39, 0.29) is 10.3 Å². The SMILES string of the molecule is CC(Sc1nnc(-c2cccc(Cl)c2)o1)c1ccc(F)c(Cl)c1. The summed E-state index contributed by atoms with van der Waals surface area (Å²) in [6.07, 6.45) is 0. The molecule has 3 nitrogen and oxygen atoms in total. The van der Waals surface area contributed by atoms with Gasteiger partial charge in [-0.2, -0.15) is 0 Å². The lowest BCUT2D eigenvalue weighted by atomic mass is 10.2. The van der Waals surface area contributed by atoms with Crippen molar-refractivity contribution in [3.63, 3.8) is 0 Å². The Kier molecular flexibility index (Phi) is 4.90. The van der Waals surface area contributed by atoms with Gasteiger partial charge in [0.25, 0.3) is 5.22 Å². The fourth-order valence-corrected chi connectivity index (χ4v) is 3.16. The first kappa shape index (κ1) is 16.3. The van der Waals surface area contributed by atoms with E-state index in [4.69, 9.17) is 27.6 Å². The third-order valence-electron chi connectivity index (χ3n) is 3.17. The minimum Gasteiger partial charge on any atom is -0.411 e. The van der Waals surface area contributed by atoms with Crippen LogP contribution in [0, 0.1) is 5.82 Å². The molecule has 1 aromatic heterocycles. The number of nitrogens with zero attached hydrogens (tertiary/aromatic N) is 2. The summed E-state index contributed by atoms with van der Waals surface area (Å²) in [5, 5.41) is 9.16. The van der Waals surface area contributed by atoms with Crippen LogP contribution in [0.1, 0.15) is 17.7 Å². The maximum Gasteiger partial charge on any atom is 0.277 e. The zero-order chi connectivity index (χ0) is 16.4. The predicted octanol–water partition coefficient (Wildman–Crippen LogP) is 6.04. The molecule has 0 saturated heterocycles. The van der Waals surface area contributed by atoms with Gasteiger partial charge in [-0.3, -0.25) is 0 Å². The number of rotatable bonds is 4. The van der Waals surface area contributed by atoms with Crippen molar-refractivity contribution in [3.8, 4) is 11.5 Å². The van der Waals surface area contributed by atoms with E-state index >= 15 is 0 Å². The van der Waals surface area contributed by atoms with Crippen LogP contribution in [0.25, 0.3) is 11.5 Å². The third-order valence-corrected chi connectivity index (χ3v) is 4.69. The summed E-state index contributed by atoms with van der Waals surface area (Å²) in [5.74, 6) is -0.0343. The topological polar surface area (TPSA) is 38.9 Å². The average molecular weight is 369 g/mol. The van der Waals surface area contributed by atoms with Crippen LogP contribution in [0.15, 0.2) is 52.1 Å². The standard InChI is InChI=1S/C16H11Cl2FN2OS/c1-9(10-5-6-14(19)13(18)8-10)23-16-21-20-15(22-16)11-3-2-4-12(17)7-11/h2-9H,1H3. The monoisotopic (exact) mass is 368 g/mol. The lowest BCUT2D eigenvalue weighted by Crippen LogP contribution is -1.90. The molecule has 2 aromatic carbocycles. The Balaban J connectivity index is 1.77. The van der Waals surface area contributed by atoms with Crippen LogP contribution in [0.2, 0.25) is 10.0 Å². The second-order valence-corrected chi connectivity index (χ2v) is 6.95. The Bertz CT molecular complexity index is 840. The lowest BCUT2D eigenvalue weighted by molar-refractivity contribution is 0.465. The third kappa shape index (κ3) is 3.86. The molecular weight excluding hydrogens is 358 g/mol. The Morgan fingerprint density at radius 3 is 2.70 bits per heavy atom. The van der Waals surface area contributed by atoms with E-state index in [2.05, 4.69) is 10.2 Å². The van der Waals surface area contributed by atoms with Gasteiger partial charge in [0.1, 0.15) is 5.82 Å². The van der Waals surface area contributed by atoms with Crippen LogP contribution in [0.3, 0.4) is 0 Å². The summed E-state index contributed by atoms with van der Waals surface area (Å²) in [5.41, 5.74) is 1.64. The molecular formula is C16H11Cl2FN2OS. The molecule has 0 fully saturated rings. The van der Waals surface area contributed by atoms with Gasteiger partial charge in [0.15, 0.2) is 0 Å². The van der Waals surface area contributed by atoms with E-state index < -0.39 is 5.82 Å². The highest BCUT2D eigenvalue weighted by atomic mass is 35.5. The van der Waals surface area contributed by atoms with Gasteiger partial charge in [-0.05, 0) is 42.8 Å². The molecule has 0 saturated carbocycles. The largest absolute Gasteiger partial charge is 0.411 e. The number of thioether (sulfide) groups is 1. The molecule has 7 heteroatoms. The normalized spacial score (nSPS) is 12.3. The minimum atomic E-state index is -0.436. The Hall–Kier alpha value is -1.56. The van der Waals surface area contributed by atoms with Gasteiger partial charge in [0, 0.05) is 15.8 Å². The fraction of sp³-hybridized carbons (Fsp3) is 0.125. The van der Waals surface area contributed by atoms with Crippen molar-refractivity contribution < 1.29 is 8.81 Å². The van der Waals surface area contributed by atoms with Crippen molar-refractivity contribution in [2.24, 2.45) is 0 Å². The van der Waals surface area contributed by atoms with Crippen molar-refractivity contribution in [2.45, 2.75) is 17.4 Å². The van der Waals surface area contributed by atoms with Crippen LogP contribution in [-0.2, 0) is 0 Å². The molecule has 118 valence electrons. The Morgan fingerprint density at radius 2 is 1.96 bits per heavy atom. The second kappa shape index (κ2) is 6.91. The predicted molar refractivity (Wildman–Crippen MR) is 90.4 cm³/mol. The molecule has 3 aromatic rings. The quantitative estimate of drug-likeness (QED) is 0.526. The number of hydrogen-bond donors (Lipinski definition) is 0. The fourth-order valence-electron chi connectivity index (χ4n) is 1.98. The van der Waals surface area contributed by atoms with Gasteiger partial charge in [0.2, 0.25) is 5.89 Å². The van der Waals surface area contributed by atoms with E-state index in [1.165, 1.54) is 17.8 Å². The summed E-state index contributed by atoms with van der Waals surface area (Å²) in [7, 11) is 0. The Labute approximate surface area is 146 Å². The molecule has 0 radical (unpaired) electrons. The van der Waals surface area contributed by atoms with E-state index in [1.54, 1.807) is 24.3 Å². The molecule has 0 aliphatic carbocycles. The summed E-state index contributed by atoms with van der Waals surface area (Å²) in [4.78, 5) is 0. The van der Waals surface area contributed by atoms with Crippen molar-refractivity contribution >= 4 is 35.0 Å². The van der Waals surface area contributed by atoms with Crippen LogP contribution in [0.5, 0.6) is 0 Å². The number of hydrogen-bond acceptors (Lipinski definition) is 4. The molecule has 1 heterocycles. The average Bonchev–Trinajstić information content (AvgIpc) is 2.98. The van der Waals surface area contributed by atoms with Crippen LogP contribution >= 0.6 is 35.0 Å². The molecule has 0 aliphatic heterocycles. The maximum absolute atomic E-state index is 13.2. The molecule has 0 aliphatic rings. The molecule has 0 spiro atoms. The van der Waals surface area contributed by atoms with E-state index in [1.807, 2.05) is 19.1 Å². The molecule has 0 N–H and O–H groups in total. The first-order valence-electron chi connectivity index (χ1n) is 6.74. The van der Waals surface area contributed by atoms with Gasteiger partial charge in [-0.1, -0.05) is 47.1 Å². The van der Waals surface area contributed by atoms with E-state index in [0.717, 1.165) is 11.1 Å². The summed E-state index contributed by atoms with van der Waals surface area (Å²) < 4.78 is 18.9. The number of halogens is 3. The maximum atomic E-state index is 13.2. The van der Waals surface area contributed by atoms with Gasteiger partial charge in [-0.15, -0.1) is 10.2 Å². The van der Waals surface area contributed by atoms with E-state index in [0.29, 0.717) is 16.1 Å². The van der Waals surface area contributed by atoms with Crippen molar-refractivity contribution in [1.29, 1.82) is 0 Å². The Morgan fingerprint density at radius 1 is 1.13 bits per heavy atom. The van der Waals surface area contributed by atoms with Crippen LogP contribution in [0.4, 0.5) is 4.39 Å². The highest BCUT2D eigenvalue weighted by Crippen LogP contribution is 2.36. The summed E-state index contributed by atoms with van der Waals surface area (Å²) >= 11 is 13.1. The zero-order valence-corrected chi connectivity index (χ0v) is 14.3. The molecule has 0 amide bonds. The molecule has 1 atom stereocenters. The lowest BCUT2D eigenvalue weighted by Gasteiger charge is -2.09. The molecule has 1 unspecified atom stereocenters. The highest BCUT2D eigenvalue weighted by molar-refractivity contribution is 7.99. The molecule has 0 bridgehead atoms. The summed E-state index contributed by atoms with van der Waals surface area (Å²) in [6.45, 7) is 1.96. The van der Waals surface area contributed by atoms with E-state index in [9.17, 15) is 4.39 Å². The first-order valence-corrected chi connectivity index (χ1v) is 8.37. The van der Waals surface area contributed by atoms with Gasteiger partial charge >= 0.3 is 0 Å². The van der Waals surface area contributed by atoms with Crippen molar-refractivity contribution in [1.82, 2.24) is 10.2 Å². The van der Waals surface area contributed by atoms with Crippen LogP contribution < -0.4 is 0 Å². The zero-order valence-electron chi connectivity index (χ0n) is 12.0. The van der Waals surface area contributed by atoms with Crippen molar-refractivity contribution in [3.05, 3.63) is 63.9 Å². The van der Waals surface area contributed by atoms with Gasteiger partial charge in [0.05, 0.1) is 5.02 Å². The molecule has 23 heavy (non-hydrogen) atoms. The van der Waals surface area contributed by atoms with Gasteiger partial charge < -0.3 is 4.42 Å². The second-order valence-electron chi connectivity index (χ2n) is 4.82. The first-order chi connectivity index (χ1) is 11.0. The van der Waals surface area contributed by atoms with Gasteiger partial charge in [-0.25, -0.2) is 4.39 Å².